The molecule has 102 valence electrons. The number of esters is 1. The fourth-order valence-corrected chi connectivity index (χ4v) is 2.55. The van der Waals surface area contributed by atoms with E-state index < -0.39 is 30.4 Å². The van der Waals surface area contributed by atoms with Gasteiger partial charge in [-0.05, 0) is 12.1 Å². The van der Waals surface area contributed by atoms with E-state index in [4.69, 9.17) is 26.4 Å². The van der Waals surface area contributed by atoms with Crippen molar-refractivity contribution in [2.75, 3.05) is 13.2 Å². The van der Waals surface area contributed by atoms with Gasteiger partial charge in [0.05, 0.1) is 18.8 Å². The Morgan fingerprint density at radius 1 is 1.42 bits per heavy atom. The maximum absolute atomic E-state index is 12.0. The van der Waals surface area contributed by atoms with Gasteiger partial charge in [0.2, 0.25) is 0 Å². The number of rotatable bonds is 2. The number of aromatic amines is 1. The average molecular weight is 283 g/mol. The third kappa shape index (κ3) is 2.30. The van der Waals surface area contributed by atoms with Crippen molar-refractivity contribution in [2.24, 2.45) is 0 Å². The van der Waals surface area contributed by atoms with Gasteiger partial charge < -0.3 is 24.3 Å². The molecule has 3 heterocycles. The van der Waals surface area contributed by atoms with Crippen molar-refractivity contribution < 1.29 is 24.1 Å². The number of aromatic nitrogens is 1. The van der Waals surface area contributed by atoms with Crippen molar-refractivity contribution in [1.29, 1.82) is 0 Å². The van der Waals surface area contributed by atoms with Crippen LogP contribution in [0, 0.1) is 4.64 Å². The van der Waals surface area contributed by atoms with Crippen LogP contribution in [0.15, 0.2) is 18.3 Å². The summed E-state index contributed by atoms with van der Waals surface area (Å²) in [5.74, 6) is -0.513. The van der Waals surface area contributed by atoms with E-state index in [1.165, 1.54) is 0 Å². The largest absolute Gasteiger partial charge is 0.453 e. The first-order valence-corrected chi connectivity index (χ1v) is 6.37. The second-order valence-corrected chi connectivity index (χ2v) is 4.93. The van der Waals surface area contributed by atoms with Crippen LogP contribution in [-0.4, -0.2) is 53.7 Å². The third-order valence-corrected chi connectivity index (χ3v) is 3.62. The number of hydrogen-bond donors (Lipinski definition) is 2. The van der Waals surface area contributed by atoms with Crippen LogP contribution in [0.2, 0.25) is 0 Å². The van der Waals surface area contributed by atoms with E-state index in [9.17, 15) is 9.90 Å². The minimum atomic E-state index is -0.659. The number of aliphatic hydroxyl groups is 1. The normalized spacial score (nSPS) is 33.1. The van der Waals surface area contributed by atoms with Crippen LogP contribution in [0.5, 0.6) is 0 Å². The van der Waals surface area contributed by atoms with E-state index in [1.54, 1.807) is 18.3 Å². The Kier molecular flexibility index (Phi) is 3.36. The number of nitrogens with one attached hydrogen (secondary N) is 1. The first-order valence-electron chi connectivity index (χ1n) is 5.97. The molecule has 0 spiro atoms. The minimum Gasteiger partial charge on any atom is -0.453 e. The quantitative estimate of drug-likeness (QED) is 0.605. The number of aliphatic hydroxyl groups excluding tert-OH is 1. The highest BCUT2D eigenvalue weighted by atomic mass is 32.1. The van der Waals surface area contributed by atoms with Gasteiger partial charge in [-0.2, -0.15) is 0 Å². The SMILES string of the molecule is O=C(O[C@H]1CO[C@H]2[C@@H]1OC[C@H]2O)c1ccc[nH]c1=S. The van der Waals surface area contributed by atoms with Gasteiger partial charge in [-0.1, -0.05) is 12.2 Å². The van der Waals surface area contributed by atoms with Crippen LogP contribution >= 0.6 is 12.2 Å². The first-order chi connectivity index (χ1) is 9.16. The Labute approximate surface area is 114 Å². The van der Waals surface area contributed by atoms with Crippen molar-refractivity contribution in [1.82, 2.24) is 4.98 Å². The maximum Gasteiger partial charge on any atom is 0.341 e. The van der Waals surface area contributed by atoms with Gasteiger partial charge in [0.1, 0.15) is 23.0 Å². The van der Waals surface area contributed by atoms with Crippen molar-refractivity contribution >= 4 is 18.2 Å². The molecule has 6 nitrogen and oxygen atoms in total. The summed E-state index contributed by atoms with van der Waals surface area (Å²) in [7, 11) is 0. The van der Waals surface area contributed by atoms with Crippen molar-refractivity contribution in [3.63, 3.8) is 0 Å². The topological polar surface area (TPSA) is 80.8 Å². The highest BCUT2D eigenvalue weighted by molar-refractivity contribution is 7.71. The first kappa shape index (κ1) is 12.7. The molecule has 0 aliphatic carbocycles. The van der Waals surface area contributed by atoms with Crippen LogP contribution in [-0.2, 0) is 14.2 Å². The molecule has 0 amide bonds. The molecule has 4 atom stereocenters. The van der Waals surface area contributed by atoms with E-state index >= 15 is 0 Å². The van der Waals surface area contributed by atoms with Crippen LogP contribution in [0.25, 0.3) is 0 Å². The number of carbonyl (C=O) groups is 1. The van der Waals surface area contributed by atoms with Crippen LogP contribution in [0.4, 0.5) is 0 Å². The Morgan fingerprint density at radius 2 is 2.21 bits per heavy atom. The number of ether oxygens (including phenoxy) is 3. The van der Waals surface area contributed by atoms with Gasteiger partial charge >= 0.3 is 5.97 Å². The highest BCUT2D eigenvalue weighted by Crippen LogP contribution is 2.29. The highest BCUT2D eigenvalue weighted by Gasteiger charge is 2.49. The Bertz CT molecular complexity index is 545. The van der Waals surface area contributed by atoms with E-state index in [0.29, 0.717) is 10.2 Å². The van der Waals surface area contributed by atoms with Gasteiger partial charge in [-0.3, -0.25) is 0 Å². The van der Waals surface area contributed by atoms with E-state index in [2.05, 4.69) is 4.98 Å². The Balaban J connectivity index is 1.71. The molecule has 0 bridgehead atoms. The molecule has 1 aromatic rings. The lowest BCUT2D eigenvalue weighted by atomic mass is 10.1. The van der Waals surface area contributed by atoms with Crippen molar-refractivity contribution in [3.05, 3.63) is 28.5 Å². The van der Waals surface area contributed by atoms with Gasteiger partial charge in [0, 0.05) is 6.20 Å². The fourth-order valence-electron chi connectivity index (χ4n) is 2.33. The van der Waals surface area contributed by atoms with Crippen LogP contribution in [0.1, 0.15) is 10.4 Å². The summed E-state index contributed by atoms with van der Waals surface area (Å²) in [5.41, 5.74) is 0.305. The molecule has 3 rings (SSSR count). The predicted molar refractivity (Wildman–Crippen MR) is 66.3 cm³/mol. The minimum absolute atomic E-state index is 0.203. The van der Waals surface area contributed by atoms with E-state index in [0.717, 1.165) is 0 Å². The lowest BCUT2D eigenvalue weighted by molar-refractivity contribution is -0.0209. The van der Waals surface area contributed by atoms with Gasteiger partial charge in [-0.15, -0.1) is 0 Å². The molecule has 2 aliphatic heterocycles. The van der Waals surface area contributed by atoms with Crippen molar-refractivity contribution in [3.8, 4) is 0 Å². The van der Waals surface area contributed by atoms with E-state index in [-0.39, 0.29) is 13.2 Å². The second kappa shape index (κ2) is 5.01. The standard InChI is InChI=1S/C12H13NO5S/c14-7-4-16-10-8(5-17-9(7)10)18-12(15)6-2-1-3-13-11(6)19/h1-3,7-10,14H,4-5H2,(H,13,19)/t7-,8+,9-,10-/m1/s1. The molecular weight excluding hydrogens is 270 g/mol. The average Bonchev–Trinajstić information content (AvgIpc) is 2.95. The van der Waals surface area contributed by atoms with Crippen LogP contribution in [0.3, 0.4) is 0 Å². The lowest BCUT2D eigenvalue weighted by Gasteiger charge is -2.16. The molecule has 0 radical (unpaired) electrons. The lowest BCUT2D eigenvalue weighted by Crippen LogP contribution is -2.34. The zero-order valence-corrected chi connectivity index (χ0v) is 10.8. The summed E-state index contributed by atoms with van der Waals surface area (Å²) < 4.78 is 16.4. The molecule has 0 aromatic carbocycles. The molecule has 2 fully saturated rings. The Hall–Kier alpha value is -1.28. The number of hydrogen-bond acceptors (Lipinski definition) is 6. The molecule has 1 aromatic heterocycles. The number of carbonyl (C=O) groups excluding carboxylic acids is 1. The monoisotopic (exact) mass is 283 g/mol. The number of fused-ring (bicyclic) bond motifs is 1. The summed E-state index contributed by atoms with van der Waals surface area (Å²) >= 11 is 5.02. The molecular formula is C12H13NO5S. The summed E-state index contributed by atoms with van der Waals surface area (Å²) in [5, 5.41) is 9.60. The molecule has 2 aliphatic rings. The van der Waals surface area contributed by atoms with Gasteiger partial charge in [-0.25, -0.2) is 4.79 Å². The Morgan fingerprint density at radius 3 is 3.00 bits per heavy atom. The molecule has 2 N–H and O–H groups in total. The van der Waals surface area contributed by atoms with Crippen LogP contribution < -0.4 is 0 Å². The number of pyridine rings is 1. The summed E-state index contributed by atoms with van der Waals surface area (Å²) in [6.45, 7) is 0.427. The maximum atomic E-state index is 12.0. The van der Waals surface area contributed by atoms with Gasteiger partial charge in [0.25, 0.3) is 0 Å². The van der Waals surface area contributed by atoms with Crippen molar-refractivity contribution in [2.45, 2.75) is 24.4 Å². The molecule has 0 saturated carbocycles. The predicted octanol–water partition coefficient (Wildman–Crippen LogP) is 0.428. The zero-order chi connectivity index (χ0) is 13.4. The zero-order valence-electron chi connectivity index (χ0n) is 9.94. The third-order valence-electron chi connectivity index (χ3n) is 3.28. The summed E-state index contributed by atoms with van der Waals surface area (Å²) in [6, 6.07) is 3.27. The number of H-pyrrole nitrogens is 1. The summed E-state index contributed by atoms with van der Waals surface area (Å²) in [6.07, 6.45) is -0.342. The smallest absolute Gasteiger partial charge is 0.341 e. The molecule has 19 heavy (non-hydrogen) atoms. The molecule has 7 heteroatoms. The van der Waals surface area contributed by atoms with E-state index in [1.807, 2.05) is 0 Å². The molecule has 2 saturated heterocycles. The molecule has 0 unspecified atom stereocenters. The fraction of sp³-hybridized carbons (Fsp3) is 0.500. The summed E-state index contributed by atoms with van der Waals surface area (Å²) in [4.78, 5) is 14.8. The van der Waals surface area contributed by atoms with Gasteiger partial charge in [0.15, 0.2) is 6.10 Å². The second-order valence-electron chi connectivity index (χ2n) is 4.52.